The van der Waals surface area contributed by atoms with Gasteiger partial charge in [0.2, 0.25) is 0 Å². The quantitative estimate of drug-likeness (QED) is 0.734. The van der Waals surface area contributed by atoms with Crippen LogP contribution in [-0.2, 0) is 9.53 Å². The molecule has 7 heteroatoms. The number of halogens is 2. The molecule has 0 saturated heterocycles. The van der Waals surface area contributed by atoms with Crippen LogP contribution in [0.4, 0.5) is 0 Å². The largest absolute Gasteiger partial charge is 0.497 e. The van der Waals surface area contributed by atoms with Gasteiger partial charge in [0.15, 0.2) is 6.10 Å². The van der Waals surface area contributed by atoms with Gasteiger partial charge in [0, 0.05) is 10.0 Å². The highest BCUT2D eigenvalue weighted by atomic mass is 35.5. The Labute approximate surface area is 162 Å². The van der Waals surface area contributed by atoms with E-state index in [1.54, 1.807) is 49.4 Å². The second-order valence-corrected chi connectivity index (χ2v) is 6.52. The van der Waals surface area contributed by atoms with Gasteiger partial charge in [-0.05, 0) is 49.7 Å². The lowest BCUT2D eigenvalue weighted by Gasteiger charge is -2.19. The molecule has 0 aliphatic rings. The van der Waals surface area contributed by atoms with Crippen LogP contribution in [0.3, 0.4) is 0 Å². The van der Waals surface area contributed by atoms with Crippen molar-refractivity contribution in [1.82, 2.24) is 5.32 Å². The Hall–Kier alpha value is -2.24. The second kappa shape index (κ2) is 8.92. The van der Waals surface area contributed by atoms with E-state index in [0.717, 1.165) is 5.56 Å². The van der Waals surface area contributed by atoms with Crippen molar-refractivity contribution < 1.29 is 19.1 Å². The SMILES string of the molecule is COc1cccc(C(=O)O[C@H](C)C(=O)N[C@H](C)c2ccc(Cl)cc2Cl)c1. The van der Waals surface area contributed by atoms with Gasteiger partial charge in [0.05, 0.1) is 18.7 Å². The van der Waals surface area contributed by atoms with Crippen molar-refractivity contribution in [3.8, 4) is 5.75 Å². The minimum absolute atomic E-state index is 0.304. The molecule has 0 aliphatic heterocycles. The molecule has 0 heterocycles. The van der Waals surface area contributed by atoms with E-state index in [2.05, 4.69) is 5.32 Å². The molecule has 2 aromatic rings. The molecule has 0 radical (unpaired) electrons. The van der Waals surface area contributed by atoms with Gasteiger partial charge in [-0.2, -0.15) is 0 Å². The van der Waals surface area contributed by atoms with Gasteiger partial charge in [-0.1, -0.05) is 35.3 Å². The number of hydrogen-bond acceptors (Lipinski definition) is 4. The highest BCUT2D eigenvalue weighted by Gasteiger charge is 2.22. The Kier molecular flexibility index (Phi) is 6.89. The zero-order valence-electron chi connectivity index (χ0n) is 14.6. The van der Waals surface area contributed by atoms with Crippen LogP contribution in [-0.4, -0.2) is 25.1 Å². The lowest BCUT2D eigenvalue weighted by molar-refractivity contribution is -0.129. The van der Waals surface area contributed by atoms with Crippen molar-refractivity contribution in [3.05, 3.63) is 63.6 Å². The van der Waals surface area contributed by atoms with Gasteiger partial charge in [-0.15, -0.1) is 0 Å². The molecule has 2 atom stereocenters. The summed E-state index contributed by atoms with van der Waals surface area (Å²) in [6, 6.07) is 11.2. The zero-order valence-corrected chi connectivity index (χ0v) is 16.1. The van der Waals surface area contributed by atoms with Gasteiger partial charge in [0.1, 0.15) is 5.75 Å². The molecule has 2 rings (SSSR count). The zero-order chi connectivity index (χ0) is 19.3. The van der Waals surface area contributed by atoms with Crippen molar-refractivity contribution in [1.29, 1.82) is 0 Å². The summed E-state index contributed by atoms with van der Waals surface area (Å²) in [6.45, 7) is 3.28. The lowest BCUT2D eigenvalue weighted by atomic mass is 10.1. The third kappa shape index (κ3) is 5.13. The summed E-state index contributed by atoms with van der Waals surface area (Å²) >= 11 is 12.0. The van der Waals surface area contributed by atoms with E-state index in [1.165, 1.54) is 14.0 Å². The molecule has 0 spiro atoms. The predicted molar refractivity (Wildman–Crippen MR) is 101 cm³/mol. The van der Waals surface area contributed by atoms with Gasteiger partial charge in [-0.25, -0.2) is 4.79 Å². The van der Waals surface area contributed by atoms with Crippen molar-refractivity contribution in [3.63, 3.8) is 0 Å². The van der Waals surface area contributed by atoms with Crippen molar-refractivity contribution in [2.75, 3.05) is 7.11 Å². The lowest BCUT2D eigenvalue weighted by Crippen LogP contribution is -2.37. The van der Waals surface area contributed by atoms with Crippen LogP contribution in [0, 0.1) is 0 Å². The number of amides is 1. The third-order valence-electron chi connectivity index (χ3n) is 3.75. The Morgan fingerprint density at radius 3 is 2.46 bits per heavy atom. The maximum Gasteiger partial charge on any atom is 0.339 e. The molecule has 138 valence electrons. The summed E-state index contributed by atoms with van der Waals surface area (Å²) in [5.41, 5.74) is 1.02. The molecular weight excluding hydrogens is 377 g/mol. The first-order chi connectivity index (χ1) is 12.3. The Bertz CT molecular complexity index is 810. The fraction of sp³-hybridized carbons (Fsp3) is 0.263. The number of benzene rings is 2. The van der Waals surface area contributed by atoms with E-state index < -0.39 is 18.0 Å². The van der Waals surface area contributed by atoms with E-state index in [1.807, 2.05) is 0 Å². The minimum Gasteiger partial charge on any atom is -0.497 e. The fourth-order valence-electron chi connectivity index (χ4n) is 2.29. The third-order valence-corrected chi connectivity index (χ3v) is 4.31. The van der Waals surface area contributed by atoms with Crippen LogP contribution in [0.2, 0.25) is 10.0 Å². The van der Waals surface area contributed by atoms with Crippen LogP contribution in [0.1, 0.15) is 35.8 Å². The molecule has 26 heavy (non-hydrogen) atoms. The van der Waals surface area contributed by atoms with Crippen molar-refractivity contribution in [2.24, 2.45) is 0 Å². The fourth-order valence-corrected chi connectivity index (χ4v) is 2.87. The molecule has 0 saturated carbocycles. The molecule has 0 unspecified atom stereocenters. The van der Waals surface area contributed by atoms with E-state index in [4.69, 9.17) is 32.7 Å². The van der Waals surface area contributed by atoms with Gasteiger partial charge in [-0.3, -0.25) is 4.79 Å². The number of hydrogen-bond donors (Lipinski definition) is 1. The number of rotatable bonds is 6. The smallest absolute Gasteiger partial charge is 0.339 e. The molecule has 1 amide bonds. The number of carbonyl (C=O) groups excluding carboxylic acids is 2. The molecule has 0 aromatic heterocycles. The highest BCUT2D eigenvalue weighted by Crippen LogP contribution is 2.26. The number of ether oxygens (including phenoxy) is 2. The maximum absolute atomic E-state index is 12.3. The van der Waals surface area contributed by atoms with E-state index >= 15 is 0 Å². The molecule has 0 aliphatic carbocycles. The van der Waals surface area contributed by atoms with Gasteiger partial charge in [0.25, 0.3) is 5.91 Å². The van der Waals surface area contributed by atoms with Gasteiger partial charge < -0.3 is 14.8 Å². The normalized spacial score (nSPS) is 12.8. The Balaban J connectivity index is 1.99. The van der Waals surface area contributed by atoms with E-state index in [-0.39, 0.29) is 6.04 Å². The van der Waals surface area contributed by atoms with Crippen LogP contribution in [0.25, 0.3) is 0 Å². The average Bonchev–Trinajstić information content (AvgIpc) is 2.61. The molecule has 1 N–H and O–H groups in total. The molecule has 5 nitrogen and oxygen atoms in total. The number of esters is 1. The molecule has 2 aromatic carbocycles. The van der Waals surface area contributed by atoms with Crippen LogP contribution in [0.15, 0.2) is 42.5 Å². The predicted octanol–water partition coefficient (Wildman–Crippen LogP) is 4.42. The highest BCUT2D eigenvalue weighted by molar-refractivity contribution is 6.35. The summed E-state index contributed by atoms with van der Waals surface area (Å²) in [6.07, 6.45) is -0.970. The maximum atomic E-state index is 12.3. The first-order valence-electron chi connectivity index (χ1n) is 7.92. The number of methoxy groups -OCH3 is 1. The Morgan fingerprint density at radius 1 is 1.08 bits per heavy atom. The molecule has 0 fully saturated rings. The van der Waals surface area contributed by atoms with Gasteiger partial charge >= 0.3 is 5.97 Å². The van der Waals surface area contributed by atoms with Crippen molar-refractivity contribution >= 4 is 35.1 Å². The first-order valence-corrected chi connectivity index (χ1v) is 8.67. The summed E-state index contributed by atoms with van der Waals surface area (Å²) in [4.78, 5) is 24.5. The van der Waals surface area contributed by atoms with E-state index in [9.17, 15) is 9.59 Å². The average molecular weight is 396 g/mol. The van der Waals surface area contributed by atoms with Crippen LogP contribution in [0.5, 0.6) is 5.75 Å². The second-order valence-electron chi connectivity index (χ2n) is 5.68. The monoisotopic (exact) mass is 395 g/mol. The summed E-state index contributed by atoms with van der Waals surface area (Å²) in [7, 11) is 1.50. The standard InChI is InChI=1S/C19H19Cl2NO4/c1-11(16-8-7-14(20)10-17(16)21)22-18(23)12(2)26-19(24)13-5-4-6-15(9-13)25-3/h4-12H,1-3H3,(H,22,23)/t11-,12-/m1/s1. The van der Waals surface area contributed by atoms with Crippen molar-refractivity contribution in [2.45, 2.75) is 26.0 Å². The van der Waals surface area contributed by atoms with Crippen LogP contribution >= 0.6 is 23.2 Å². The van der Waals surface area contributed by atoms with E-state index in [0.29, 0.717) is 21.4 Å². The minimum atomic E-state index is -0.970. The summed E-state index contributed by atoms with van der Waals surface area (Å²) < 4.78 is 10.3. The first kappa shape index (κ1) is 20.1. The Morgan fingerprint density at radius 2 is 1.81 bits per heavy atom. The topological polar surface area (TPSA) is 64.6 Å². The summed E-state index contributed by atoms with van der Waals surface area (Å²) in [5, 5.41) is 3.73. The number of carbonyl (C=O) groups is 2. The number of nitrogens with one attached hydrogen (secondary N) is 1. The summed E-state index contributed by atoms with van der Waals surface area (Å²) in [5.74, 6) is -0.508. The molecule has 0 bridgehead atoms. The van der Waals surface area contributed by atoms with Crippen LogP contribution < -0.4 is 10.1 Å². The molecular formula is C19H19Cl2NO4.